The normalized spacial score (nSPS) is 9.82. The van der Waals surface area contributed by atoms with Gasteiger partial charge in [0.05, 0.1) is 17.8 Å². The van der Waals surface area contributed by atoms with Gasteiger partial charge in [-0.2, -0.15) is 0 Å². The minimum absolute atomic E-state index is 0.0920. The average Bonchev–Trinajstić information content (AvgIpc) is 2.53. The fourth-order valence-corrected chi connectivity index (χ4v) is 1.68. The van der Waals surface area contributed by atoms with Crippen LogP contribution >= 0.6 is 0 Å². The van der Waals surface area contributed by atoms with Crippen LogP contribution in [-0.2, 0) is 16.1 Å². The zero-order valence-electron chi connectivity index (χ0n) is 11.6. The zero-order chi connectivity index (χ0) is 15.9. The maximum atomic E-state index is 11.9. The van der Waals surface area contributed by atoms with Crippen LogP contribution in [0, 0.1) is 0 Å². The van der Waals surface area contributed by atoms with E-state index in [1.165, 1.54) is 12.1 Å². The van der Waals surface area contributed by atoms with E-state index in [1.807, 2.05) is 5.32 Å². The van der Waals surface area contributed by atoms with Crippen LogP contribution < -0.4 is 16.4 Å². The smallest absolute Gasteiger partial charge is 0.316 e. The van der Waals surface area contributed by atoms with E-state index in [2.05, 4.69) is 10.3 Å². The number of carbonyl (C=O) groups is 3. The van der Waals surface area contributed by atoms with Crippen molar-refractivity contribution < 1.29 is 14.4 Å². The highest BCUT2D eigenvalue weighted by molar-refractivity contribution is 6.38. The summed E-state index contributed by atoms with van der Waals surface area (Å²) in [6, 6.07) is 11.5. The molecule has 1 aromatic heterocycles. The first kappa shape index (κ1) is 15.2. The second kappa shape index (κ2) is 6.98. The molecule has 112 valence electrons. The van der Waals surface area contributed by atoms with Gasteiger partial charge in [-0.3, -0.25) is 24.7 Å². The van der Waals surface area contributed by atoms with Crippen LogP contribution in [0.5, 0.6) is 0 Å². The van der Waals surface area contributed by atoms with Crippen molar-refractivity contribution in [2.75, 3.05) is 5.73 Å². The second-order valence-electron chi connectivity index (χ2n) is 4.37. The lowest BCUT2D eigenvalue weighted by Crippen LogP contribution is -2.42. The van der Waals surface area contributed by atoms with Crippen LogP contribution in [0.2, 0.25) is 0 Å². The van der Waals surface area contributed by atoms with E-state index in [9.17, 15) is 14.4 Å². The third-order valence-electron chi connectivity index (χ3n) is 2.79. The second-order valence-corrected chi connectivity index (χ2v) is 4.37. The minimum Gasteiger partial charge on any atom is -0.398 e. The number of pyridine rings is 1. The molecule has 0 bridgehead atoms. The molecule has 0 saturated carbocycles. The number of imide groups is 1. The Hall–Kier alpha value is -3.22. The van der Waals surface area contributed by atoms with Gasteiger partial charge < -0.3 is 11.1 Å². The Kier molecular flexibility index (Phi) is 4.81. The van der Waals surface area contributed by atoms with E-state index in [-0.39, 0.29) is 17.8 Å². The van der Waals surface area contributed by atoms with E-state index in [0.29, 0.717) is 5.69 Å². The van der Waals surface area contributed by atoms with Crippen molar-refractivity contribution in [3.8, 4) is 0 Å². The monoisotopic (exact) mass is 298 g/mol. The van der Waals surface area contributed by atoms with Gasteiger partial charge in [-0.1, -0.05) is 18.2 Å². The number of carbonyl (C=O) groups excluding carboxylic acids is 3. The van der Waals surface area contributed by atoms with Crippen molar-refractivity contribution in [1.29, 1.82) is 0 Å². The molecule has 0 radical (unpaired) electrons. The summed E-state index contributed by atoms with van der Waals surface area (Å²) < 4.78 is 0. The van der Waals surface area contributed by atoms with Gasteiger partial charge in [0.25, 0.3) is 5.91 Å². The Morgan fingerprint density at radius 1 is 1.00 bits per heavy atom. The van der Waals surface area contributed by atoms with Gasteiger partial charge in [-0.05, 0) is 24.3 Å². The number of benzene rings is 1. The Morgan fingerprint density at radius 3 is 2.41 bits per heavy atom. The molecule has 7 heteroatoms. The number of amides is 3. The highest BCUT2D eigenvalue weighted by Gasteiger charge is 2.18. The number of aromatic nitrogens is 1. The lowest BCUT2D eigenvalue weighted by molar-refractivity contribution is -0.138. The lowest BCUT2D eigenvalue weighted by Gasteiger charge is -2.07. The number of anilines is 1. The zero-order valence-corrected chi connectivity index (χ0v) is 11.6. The average molecular weight is 298 g/mol. The maximum Gasteiger partial charge on any atom is 0.316 e. The number of hydrogen-bond acceptors (Lipinski definition) is 5. The Morgan fingerprint density at radius 2 is 1.73 bits per heavy atom. The topological polar surface area (TPSA) is 114 Å². The molecule has 2 rings (SSSR count). The summed E-state index contributed by atoms with van der Waals surface area (Å²) in [6.45, 7) is 0.0920. The van der Waals surface area contributed by atoms with Crippen LogP contribution in [0.25, 0.3) is 0 Å². The molecule has 0 fully saturated rings. The standard InChI is InChI=1S/C15H14N4O3/c16-12-7-2-1-6-11(12)13(20)19-15(22)14(21)18-9-10-5-3-4-8-17-10/h1-8H,9,16H2,(H,18,21)(H,19,20,22). The summed E-state index contributed by atoms with van der Waals surface area (Å²) in [5.74, 6) is -2.70. The summed E-state index contributed by atoms with van der Waals surface area (Å²) in [5, 5.41) is 4.36. The largest absolute Gasteiger partial charge is 0.398 e. The molecule has 4 N–H and O–H groups in total. The Labute approximate surface area is 126 Å². The predicted octanol–water partition coefficient (Wildman–Crippen LogP) is 0.237. The number of nitrogens with zero attached hydrogens (tertiary/aromatic N) is 1. The molecule has 1 aromatic carbocycles. The first-order valence-corrected chi connectivity index (χ1v) is 6.46. The summed E-state index contributed by atoms with van der Waals surface area (Å²) in [6.07, 6.45) is 1.57. The molecule has 2 aromatic rings. The number of rotatable bonds is 3. The fourth-order valence-electron chi connectivity index (χ4n) is 1.68. The molecule has 0 atom stereocenters. The number of nitrogen functional groups attached to an aromatic ring is 1. The van der Waals surface area contributed by atoms with Crippen molar-refractivity contribution in [3.63, 3.8) is 0 Å². The maximum absolute atomic E-state index is 11.9. The third-order valence-corrected chi connectivity index (χ3v) is 2.79. The first-order chi connectivity index (χ1) is 10.6. The SMILES string of the molecule is Nc1ccccc1C(=O)NC(=O)C(=O)NCc1ccccn1. The van der Waals surface area contributed by atoms with Crippen LogP contribution in [0.15, 0.2) is 48.7 Å². The molecule has 22 heavy (non-hydrogen) atoms. The quantitative estimate of drug-likeness (QED) is 0.554. The van der Waals surface area contributed by atoms with Crippen molar-refractivity contribution >= 4 is 23.4 Å². The van der Waals surface area contributed by atoms with E-state index < -0.39 is 17.7 Å². The summed E-state index contributed by atoms with van der Waals surface area (Å²) in [7, 11) is 0. The Balaban J connectivity index is 1.90. The highest BCUT2D eigenvalue weighted by Crippen LogP contribution is 2.09. The molecule has 0 unspecified atom stereocenters. The minimum atomic E-state index is -1.05. The molecular weight excluding hydrogens is 284 g/mol. The van der Waals surface area contributed by atoms with Crippen LogP contribution in [0.3, 0.4) is 0 Å². The lowest BCUT2D eigenvalue weighted by atomic mass is 10.1. The van der Waals surface area contributed by atoms with Gasteiger partial charge in [-0.15, -0.1) is 0 Å². The summed E-state index contributed by atoms with van der Waals surface area (Å²) in [4.78, 5) is 39.1. The van der Waals surface area contributed by atoms with Crippen LogP contribution in [-0.4, -0.2) is 22.7 Å². The molecule has 0 spiro atoms. The number of hydrogen-bond donors (Lipinski definition) is 3. The number of para-hydroxylation sites is 1. The van der Waals surface area contributed by atoms with Gasteiger partial charge in [0.1, 0.15) is 0 Å². The van der Waals surface area contributed by atoms with Gasteiger partial charge in [-0.25, -0.2) is 0 Å². The van der Waals surface area contributed by atoms with Crippen LogP contribution in [0.4, 0.5) is 5.69 Å². The molecule has 0 aliphatic carbocycles. The molecule has 1 heterocycles. The van der Waals surface area contributed by atoms with E-state index in [4.69, 9.17) is 5.73 Å². The van der Waals surface area contributed by atoms with Crippen molar-refractivity contribution in [3.05, 3.63) is 59.9 Å². The molecule has 0 saturated heterocycles. The van der Waals surface area contributed by atoms with E-state index in [0.717, 1.165) is 0 Å². The number of nitrogens with two attached hydrogens (primary N) is 1. The molecule has 7 nitrogen and oxygen atoms in total. The van der Waals surface area contributed by atoms with Gasteiger partial charge in [0.2, 0.25) is 0 Å². The molecular formula is C15H14N4O3. The molecule has 0 aliphatic heterocycles. The third kappa shape index (κ3) is 3.89. The first-order valence-electron chi connectivity index (χ1n) is 6.46. The summed E-state index contributed by atoms with van der Waals surface area (Å²) in [5.41, 5.74) is 6.58. The molecule has 3 amide bonds. The highest BCUT2D eigenvalue weighted by atomic mass is 16.2. The van der Waals surface area contributed by atoms with Gasteiger partial charge in [0.15, 0.2) is 0 Å². The van der Waals surface area contributed by atoms with E-state index in [1.54, 1.807) is 36.5 Å². The fraction of sp³-hybridized carbons (Fsp3) is 0.0667. The summed E-state index contributed by atoms with van der Waals surface area (Å²) >= 11 is 0. The number of nitrogens with one attached hydrogen (secondary N) is 2. The van der Waals surface area contributed by atoms with E-state index >= 15 is 0 Å². The van der Waals surface area contributed by atoms with Crippen LogP contribution in [0.1, 0.15) is 16.1 Å². The van der Waals surface area contributed by atoms with Gasteiger partial charge in [0, 0.05) is 11.9 Å². The predicted molar refractivity (Wildman–Crippen MR) is 79.4 cm³/mol. The molecule has 0 aliphatic rings. The van der Waals surface area contributed by atoms with Crippen molar-refractivity contribution in [2.45, 2.75) is 6.54 Å². The van der Waals surface area contributed by atoms with Gasteiger partial charge >= 0.3 is 11.8 Å². The van der Waals surface area contributed by atoms with Crippen molar-refractivity contribution in [2.24, 2.45) is 0 Å². The Bertz CT molecular complexity index is 701. The van der Waals surface area contributed by atoms with Crippen molar-refractivity contribution in [1.82, 2.24) is 15.6 Å².